The van der Waals surface area contributed by atoms with Gasteiger partial charge >= 0.3 is 0 Å². The van der Waals surface area contributed by atoms with Crippen molar-refractivity contribution < 1.29 is 4.79 Å². The van der Waals surface area contributed by atoms with E-state index in [1.165, 1.54) is 5.69 Å². The zero-order valence-electron chi connectivity index (χ0n) is 23.5. The molecule has 41 heavy (non-hydrogen) atoms. The fraction of sp³-hybridized carbons (Fsp3) is 0.355. The van der Waals surface area contributed by atoms with Crippen LogP contribution in [0.5, 0.6) is 0 Å². The van der Waals surface area contributed by atoms with Gasteiger partial charge in [-0.25, -0.2) is 14.3 Å². The molecule has 3 aliphatic rings. The molecule has 0 bridgehead atoms. The fourth-order valence-corrected chi connectivity index (χ4v) is 6.27. The van der Waals surface area contributed by atoms with Crippen LogP contribution in [0.4, 0.5) is 23.0 Å². The largest absolute Gasteiger partial charge is 0.369 e. The number of piperazine rings is 1. The fourth-order valence-electron chi connectivity index (χ4n) is 6.27. The van der Waals surface area contributed by atoms with Crippen molar-refractivity contribution in [3.63, 3.8) is 0 Å². The number of allylic oxidation sites excluding steroid dienone is 1. The smallest absolute Gasteiger partial charge is 0.278 e. The molecule has 1 aliphatic carbocycles. The highest BCUT2D eigenvalue weighted by Gasteiger charge is 2.58. The maximum absolute atomic E-state index is 13.4. The van der Waals surface area contributed by atoms with Gasteiger partial charge in [0.15, 0.2) is 5.65 Å². The number of hydrogen-bond acceptors (Lipinski definition) is 7. The van der Waals surface area contributed by atoms with Crippen molar-refractivity contribution in [3.8, 4) is 5.69 Å². The molecule has 0 unspecified atom stereocenters. The lowest BCUT2D eigenvalue weighted by Gasteiger charge is -2.34. The zero-order chi connectivity index (χ0) is 28.3. The lowest BCUT2D eigenvalue weighted by molar-refractivity contribution is -0.120. The van der Waals surface area contributed by atoms with E-state index in [2.05, 4.69) is 45.9 Å². The van der Waals surface area contributed by atoms with Crippen molar-refractivity contribution in [2.24, 2.45) is 0 Å². The molecule has 1 saturated heterocycles. The number of hydrogen-bond donors (Lipinski definition) is 1. The van der Waals surface area contributed by atoms with Crippen LogP contribution in [0.2, 0.25) is 0 Å². The van der Waals surface area contributed by atoms with Crippen molar-refractivity contribution >= 4 is 40.0 Å². The molecule has 1 spiro atoms. The Morgan fingerprint density at radius 2 is 1.76 bits per heavy atom. The molecule has 4 aromatic rings. The van der Waals surface area contributed by atoms with Crippen LogP contribution in [0, 0.1) is 0 Å². The molecule has 0 atom stereocenters. The summed E-state index contributed by atoms with van der Waals surface area (Å²) in [5.74, 6) is 0.582. The lowest BCUT2D eigenvalue weighted by atomic mass is 9.98. The second-order valence-electron chi connectivity index (χ2n) is 11.2. The van der Waals surface area contributed by atoms with Crippen LogP contribution >= 0.6 is 0 Å². The third kappa shape index (κ3) is 4.04. The summed E-state index contributed by atoms with van der Waals surface area (Å²) >= 11 is 0. The Bertz CT molecular complexity index is 1730. The molecule has 1 amide bonds. The van der Waals surface area contributed by atoms with Crippen LogP contribution in [-0.2, 0) is 16.8 Å². The monoisotopic (exact) mass is 550 g/mol. The Hall–Kier alpha value is -4.44. The van der Waals surface area contributed by atoms with Gasteiger partial charge in [-0.05, 0) is 68.8 Å². The van der Waals surface area contributed by atoms with Gasteiger partial charge in [-0.3, -0.25) is 9.59 Å². The molecule has 2 aliphatic heterocycles. The lowest BCUT2D eigenvalue weighted by Crippen LogP contribution is -2.44. The molecule has 0 radical (unpaired) electrons. The summed E-state index contributed by atoms with van der Waals surface area (Å²) in [6, 6.07) is 14.3. The molecule has 1 N–H and O–H groups in total. The highest BCUT2D eigenvalue weighted by Crippen LogP contribution is 2.57. The first-order valence-electron chi connectivity index (χ1n) is 14.3. The summed E-state index contributed by atoms with van der Waals surface area (Å²) in [5, 5.41) is 3.73. The Morgan fingerprint density at radius 1 is 1.02 bits per heavy atom. The quantitative estimate of drug-likeness (QED) is 0.351. The highest BCUT2D eigenvalue weighted by atomic mass is 16.2. The highest BCUT2D eigenvalue weighted by molar-refractivity contribution is 6.10. The summed E-state index contributed by atoms with van der Waals surface area (Å²) in [4.78, 5) is 42.5. The maximum Gasteiger partial charge on any atom is 0.278 e. The first kappa shape index (κ1) is 25.5. The topological polar surface area (TPSA) is 91.5 Å². The molecular formula is C31H34N8O2. The average molecular weight is 551 g/mol. The first-order chi connectivity index (χ1) is 19.9. The molecule has 4 heterocycles. The van der Waals surface area contributed by atoms with Crippen LogP contribution in [0.3, 0.4) is 0 Å². The molecule has 2 aromatic heterocycles. The molecule has 2 fully saturated rings. The zero-order valence-corrected chi connectivity index (χ0v) is 23.5. The van der Waals surface area contributed by atoms with Gasteiger partial charge in [0.05, 0.1) is 23.3 Å². The number of nitrogens with zero attached hydrogens (tertiary/aromatic N) is 7. The van der Waals surface area contributed by atoms with Gasteiger partial charge in [0, 0.05) is 50.3 Å². The van der Waals surface area contributed by atoms with Gasteiger partial charge in [0.25, 0.3) is 5.56 Å². The van der Waals surface area contributed by atoms with Crippen molar-refractivity contribution in [2.75, 3.05) is 54.9 Å². The third-order valence-corrected chi connectivity index (χ3v) is 8.72. The van der Waals surface area contributed by atoms with E-state index in [1.54, 1.807) is 17.0 Å². The van der Waals surface area contributed by atoms with E-state index in [0.29, 0.717) is 30.1 Å². The van der Waals surface area contributed by atoms with Gasteiger partial charge < -0.3 is 20.0 Å². The molecular weight excluding hydrogens is 516 g/mol. The summed E-state index contributed by atoms with van der Waals surface area (Å²) in [7, 11) is 2.15. The maximum atomic E-state index is 13.4. The third-order valence-electron chi connectivity index (χ3n) is 8.72. The number of likely N-dealkylation sites (N-methyl/N-ethyl adjacent to an activating group) is 2. The number of carbonyl (C=O) groups is 1. The second kappa shape index (κ2) is 9.59. The summed E-state index contributed by atoms with van der Waals surface area (Å²) in [6.45, 7) is 10.9. The molecule has 10 nitrogen and oxygen atoms in total. The number of anilines is 4. The Labute approximate surface area is 238 Å². The van der Waals surface area contributed by atoms with Crippen molar-refractivity contribution in [1.82, 2.24) is 24.2 Å². The van der Waals surface area contributed by atoms with Crippen LogP contribution < -0.4 is 20.7 Å². The summed E-state index contributed by atoms with van der Waals surface area (Å²) in [6.07, 6.45) is 5.05. The van der Waals surface area contributed by atoms with Crippen molar-refractivity contribution in [3.05, 3.63) is 77.2 Å². The van der Waals surface area contributed by atoms with Crippen LogP contribution in [0.15, 0.2) is 66.1 Å². The summed E-state index contributed by atoms with van der Waals surface area (Å²) < 4.78 is 3.43. The van der Waals surface area contributed by atoms with Crippen molar-refractivity contribution in [1.29, 1.82) is 0 Å². The molecule has 2 aromatic carbocycles. The van der Waals surface area contributed by atoms with Gasteiger partial charge in [0.1, 0.15) is 5.39 Å². The molecule has 7 rings (SSSR count). The number of aromatic nitrogens is 4. The van der Waals surface area contributed by atoms with Crippen molar-refractivity contribution in [2.45, 2.75) is 31.7 Å². The van der Waals surface area contributed by atoms with E-state index >= 15 is 0 Å². The predicted octanol–water partition coefficient (Wildman–Crippen LogP) is 3.66. The average Bonchev–Trinajstić information content (AvgIpc) is 3.70. The number of fused-ring (bicyclic) bond motifs is 3. The Morgan fingerprint density at radius 3 is 2.44 bits per heavy atom. The van der Waals surface area contributed by atoms with E-state index in [9.17, 15) is 9.59 Å². The minimum atomic E-state index is -0.359. The van der Waals surface area contributed by atoms with Gasteiger partial charge in [0.2, 0.25) is 11.9 Å². The number of carbonyl (C=O) groups excluding carboxylic acids is 1. The Balaban J connectivity index is 1.25. The van der Waals surface area contributed by atoms with E-state index in [1.807, 2.05) is 46.8 Å². The summed E-state index contributed by atoms with van der Waals surface area (Å²) in [5.41, 5.74) is 4.78. The Kier molecular flexibility index (Phi) is 5.97. The first-order valence-corrected chi connectivity index (χ1v) is 14.3. The molecule has 10 heteroatoms. The molecule has 1 saturated carbocycles. The van der Waals surface area contributed by atoms with Crippen LogP contribution in [0.25, 0.3) is 16.7 Å². The van der Waals surface area contributed by atoms with Crippen LogP contribution in [-0.4, -0.2) is 69.9 Å². The number of amides is 1. The standard InChI is InChI=1S/C31H34N8O2/c1-4-14-38-28(40)24-20-32-30(33-21-6-8-22(9-7-21)36-17-15-35(3)16-18-36)34-27(24)39(38)23-10-11-25-26(19-23)37(5-2)29(41)31(25)12-13-31/h4,6-11,19-20H,1,5,12-18H2,2-3H3,(H,32,33,34). The van der Waals surface area contributed by atoms with Gasteiger partial charge in [-0.1, -0.05) is 12.1 Å². The SMILES string of the molecule is C=CCn1c(=O)c2cnc(Nc3ccc(N4CCN(C)CC4)cc3)nc2n1-c1ccc2c(c1)N(CC)C(=O)C21CC1. The predicted molar refractivity (Wildman–Crippen MR) is 162 cm³/mol. The van der Waals surface area contributed by atoms with E-state index in [0.717, 1.165) is 61.6 Å². The number of benzene rings is 2. The number of rotatable bonds is 7. The van der Waals surface area contributed by atoms with Gasteiger partial charge in [-0.2, -0.15) is 4.98 Å². The molecule has 210 valence electrons. The van der Waals surface area contributed by atoms with Gasteiger partial charge in [-0.15, -0.1) is 6.58 Å². The van der Waals surface area contributed by atoms with Crippen LogP contribution in [0.1, 0.15) is 25.3 Å². The minimum absolute atomic E-state index is 0.181. The second-order valence-corrected chi connectivity index (χ2v) is 11.2. The minimum Gasteiger partial charge on any atom is -0.369 e. The van der Waals surface area contributed by atoms with E-state index in [-0.39, 0.29) is 16.9 Å². The van der Waals surface area contributed by atoms with E-state index in [4.69, 9.17) is 4.98 Å². The van der Waals surface area contributed by atoms with E-state index < -0.39 is 0 Å². The number of nitrogens with one attached hydrogen (secondary N) is 1. The normalized spacial score (nSPS) is 17.9.